The minimum atomic E-state index is -0.146. The Balaban J connectivity index is 1.93. The Kier molecular flexibility index (Phi) is 3.39. The quantitative estimate of drug-likeness (QED) is 0.590. The summed E-state index contributed by atoms with van der Waals surface area (Å²) in [4.78, 5) is 26.9. The summed E-state index contributed by atoms with van der Waals surface area (Å²) in [6.45, 7) is 0.725. The molecule has 0 spiro atoms. The van der Waals surface area contributed by atoms with Gasteiger partial charge in [0.15, 0.2) is 0 Å². The van der Waals surface area contributed by atoms with Crippen LogP contribution in [0.4, 0.5) is 0 Å². The molecule has 0 unspecified atom stereocenters. The smallest absolute Gasteiger partial charge is 0.265 e. The highest BCUT2D eigenvalue weighted by Gasteiger charge is 2.29. The molecule has 2 aliphatic heterocycles. The molecule has 2 aliphatic rings. The number of rotatable bonds is 1. The molecule has 3 heterocycles. The van der Waals surface area contributed by atoms with Crippen LogP contribution in [0.25, 0.3) is 17.0 Å². The van der Waals surface area contributed by atoms with E-state index in [1.807, 2.05) is 22.8 Å². The highest BCUT2D eigenvalue weighted by Crippen LogP contribution is 2.31. The van der Waals surface area contributed by atoms with E-state index in [9.17, 15) is 9.59 Å². The molecule has 4 nitrogen and oxygen atoms in total. The fourth-order valence-corrected chi connectivity index (χ4v) is 4.35. The molecule has 23 heavy (non-hydrogen) atoms. The van der Waals surface area contributed by atoms with Gasteiger partial charge in [0.2, 0.25) is 0 Å². The van der Waals surface area contributed by atoms with Gasteiger partial charge in [0, 0.05) is 19.2 Å². The van der Waals surface area contributed by atoms with Gasteiger partial charge in [-0.1, -0.05) is 42.2 Å². The first-order chi connectivity index (χ1) is 11.1. The van der Waals surface area contributed by atoms with Gasteiger partial charge in [0.1, 0.15) is 4.32 Å². The molecule has 0 saturated carbocycles. The largest absolute Gasteiger partial charge is 0.307 e. The van der Waals surface area contributed by atoms with Crippen molar-refractivity contribution in [2.45, 2.75) is 19.4 Å². The van der Waals surface area contributed by atoms with Gasteiger partial charge in [-0.2, -0.15) is 0 Å². The van der Waals surface area contributed by atoms with E-state index in [0.29, 0.717) is 14.8 Å². The van der Waals surface area contributed by atoms with Crippen molar-refractivity contribution in [3.05, 3.63) is 50.7 Å². The zero-order valence-corrected chi connectivity index (χ0v) is 14.2. The summed E-state index contributed by atoms with van der Waals surface area (Å²) in [7, 11) is 1.65. The van der Waals surface area contributed by atoms with Gasteiger partial charge in [0.25, 0.3) is 11.5 Å². The predicted octanol–water partition coefficient (Wildman–Crippen LogP) is 2.78. The van der Waals surface area contributed by atoms with Crippen LogP contribution < -0.4 is 5.56 Å². The van der Waals surface area contributed by atoms with E-state index in [0.717, 1.165) is 30.3 Å². The topological polar surface area (TPSA) is 42.3 Å². The summed E-state index contributed by atoms with van der Waals surface area (Å²) in [5.74, 6) is -0.146. The van der Waals surface area contributed by atoms with Crippen LogP contribution in [-0.2, 0) is 17.8 Å². The second kappa shape index (κ2) is 5.32. The average Bonchev–Trinajstić information content (AvgIpc) is 2.79. The monoisotopic (exact) mass is 342 g/mol. The number of thiocarbonyl (C=S) groups is 1. The van der Waals surface area contributed by atoms with Gasteiger partial charge in [-0.15, -0.1) is 0 Å². The van der Waals surface area contributed by atoms with Gasteiger partial charge >= 0.3 is 0 Å². The summed E-state index contributed by atoms with van der Waals surface area (Å²) in [6, 6.07) is 8.00. The third kappa shape index (κ3) is 2.24. The number of thioether (sulfide) groups is 1. The van der Waals surface area contributed by atoms with Crippen molar-refractivity contribution in [3.8, 4) is 0 Å². The number of likely N-dealkylation sites (N-methyl/N-ethyl adjacent to an activating group) is 1. The van der Waals surface area contributed by atoms with Crippen molar-refractivity contribution in [1.82, 2.24) is 9.47 Å². The molecule has 0 atom stereocenters. The average molecular weight is 342 g/mol. The third-order valence-electron chi connectivity index (χ3n) is 4.32. The van der Waals surface area contributed by atoms with Crippen molar-refractivity contribution in [1.29, 1.82) is 0 Å². The number of aromatic nitrogens is 1. The van der Waals surface area contributed by atoms with Crippen LogP contribution in [0.5, 0.6) is 0 Å². The maximum absolute atomic E-state index is 12.8. The number of hydrogen-bond acceptors (Lipinski definition) is 4. The Bertz CT molecular complexity index is 959. The molecule has 1 aromatic heterocycles. The highest BCUT2D eigenvalue weighted by atomic mass is 32.2. The van der Waals surface area contributed by atoms with Crippen molar-refractivity contribution >= 4 is 51.2 Å². The number of nitrogens with zero attached hydrogens (tertiary/aromatic N) is 2. The molecule has 6 heteroatoms. The summed E-state index contributed by atoms with van der Waals surface area (Å²) in [6.07, 6.45) is 3.65. The molecule has 1 aromatic carbocycles. The second-order valence-corrected chi connectivity index (χ2v) is 7.43. The van der Waals surface area contributed by atoms with Crippen LogP contribution in [-0.4, -0.2) is 26.7 Å². The zero-order chi connectivity index (χ0) is 16.1. The number of hydrogen-bond donors (Lipinski definition) is 0. The Hall–Kier alpha value is -1.92. The Morgan fingerprint density at radius 1 is 1.30 bits per heavy atom. The molecule has 2 aromatic rings. The zero-order valence-electron chi connectivity index (χ0n) is 12.5. The third-order valence-corrected chi connectivity index (χ3v) is 5.81. The fraction of sp³-hybridized carbons (Fsp3) is 0.235. The molecule has 0 bridgehead atoms. The van der Waals surface area contributed by atoms with E-state index in [1.165, 1.54) is 22.2 Å². The van der Waals surface area contributed by atoms with Crippen LogP contribution in [0.15, 0.2) is 34.0 Å². The highest BCUT2D eigenvalue weighted by molar-refractivity contribution is 8.26. The molecule has 1 saturated heterocycles. The summed E-state index contributed by atoms with van der Waals surface area (Å²) >= 11 is 6.38. The molecule has 0 N–H and O–H groups in total. The van der Waals surface area contributed by atoms with E-state index in [-0.39, 0.29) is 11.5 Å². The van der Waals surface area contributed by atoms with Crippen molar-refractivity contribution in [2.24, 2.45) is 0 Å². The van der Waals surface area contributed by atoms with Gasteiger partial charge < -0.3 is 4.57 Å². The van der Waals surface area contributed by atoms with Crippen LogP contribution in [0.1, 0.15) is 17.5 Å². The number of pyridine rings is 1. The number of para-hydroxylation sites is 1. The number of carbonyl (C=O) groups excluding carboxylic acids is 1. The summed E-state index contributed by atoms with van der Waals surface area (Å²) in [5, 5.41) is 1.04. The Morgan fingerprint density at radius 2 is 2.13 bits per heavy atom. The fourth-order valence-electron chi connectivity index (χ4n) is 3.18. The maximum atomic E-state index is 12.8. The summed E-state index contributed by atoms with van der Waals surface area (Å²) in [5.41, 5.74) is 2.76. The van der Waals surface area contributed by atoms with Crippen LogP contribution in [0.3, 0.4) is 0 Å². The van der Waals surface area contributed by atoms with E-state index in [2.05, 4.69) is 6.07 Å². The maximum Gasteiger partial charge on any atom is 0.265 e. The molecule has 116 valence electrons. The first-order valence-electron chi connectivity index (χ1n) is 7.43. The molecular formula is C17H14N2O2S2. The van der Waals surface area contributed by atoms with Crippen LogP contribution in [0, 0.1) is 0 Å². The lowest BCUT2D eigenvalue weighted by atomic mass is 10.00. The first-order valence-corrected chi connectivity index (χ1v) is 8.66. The minimum Gasteiger partial charge on any atom is -0.307 e. The van der Waals surface area contributed by atoms with E-state index in [1.54, 1.807) is 13.1 Å². The number of aryl methyl sites for hydroxylation is 2. The summed E-state index contributed by atoms with van der Waals surface area (Å²) < 4.78 is 2.36. The van der Waals surface area contributed by atoms with Crippen LogP contribution in [0.2, 0.25) is 0 Å². The molecule has 1 amide bonds. The van der Waals surface area contributed by atoms with Crippen LogP contribution >= 0.6 is 24.0 Å². The van der Waals surface area contributed by atoms with Crippen molar-refractivity contribution in [3.63, 3.8) is 0 Å². The number of carbonyl (C=O) groups is 1. The number of benzene rings is 1. The molecule has 4 rings (SSSR count). The van der Waals surface area contributed by atoms with Gasteiger partial charge in [-0.25, -0.2) is 0 Å². The van der Waals surface area contributed by atoms with Crippen molar-refractivity contribution in [2.75, 3.05) is 7.05 Å². The van der Waals surface area contributed by atoms with E-state index < -0.39 is 0 Å². The van der Waals surface area contributed by atoms with E-state index >= 15 is 0 Å². The predicted molar refractivity (Wildman–Crippen MR) is 97.5 cm³/mol. The lowest BCUT2D eigenvalue weighted by Gasteiger charge is -2.19. The second-order valence-electron chi connectivity index (χ2n) is 5.76. The van der Waals surface area contributed by atoms with Crippen molar-refractivity contribution < 1.29 is 4.79 Å². The van der Waals surface area contributed by atoms with Gasteiger partial charge in [-0.05, 0) is 35.9 Å². The number of amides is 1. The molecule has 0 aliphatic carbocycles. The van der Waals surface area contributed by atoms with Gasteiger partial charge in [-0.3, -0.25) is 14.5 Å². The van der Waals surface area contributed by atoms with Gasteiger partial charge in [0.05, 0.1) is 10.4 Å². The Labute approximate surface area is 142 Å². The SMILES string of the molecule is CN1C(=O)/C(=C/c2cc3cccc4c3n(c2=O)CCC4)SC1=S. The molecular weight excluding hydrogens is 328 g/mol. The normalized spacial score (nSPS) is 19.2. The lowest BCUT2D eigenvalue weighted by Crippen LogP contribution is -2.26. The molecule has 1 fully saturated rings. The first kappa shape index (κ1) is 14.7. The minimum absolute atomic E-state index is 0.0361. The standard InChI is InChI=1S/C17H14N2O2S2/c1-18-16(21)13(23-17(18)22)9-12-8-11-5-2-4-10-6-3-7-19(14(10)11)15(12)20/h2,4-5,8-9H,3,6-7H2,1H3/b13-9-. The van der Waals surface area contributed by atoms with E-state index in [4.69, 9.17) is 12.2 Å². The molecule has 0 radical (unpaired) electrons. The lowest BCUT2D eigenvalue weighted by molar-refractivity contribution is -0.121. The Morgan fingerprint density at radius 3 is 2.87 bits per heavy atom.